The van der Waals surface area contributed by atoms with Crippen LogP contribution in [0.15, 0.2) is 6.07 Å². The number of aromatic amines is 1. The van der Waals surface area contributed by atoms with Crippen LogP contribution in [0, 0.1) is 27.7 Å². The van der Waals surface area contributed by atoms with Crippen molar-refractivity contribution < 1.29 is 4.74 Å². The number of methoxy groups -OCH3 is 1. The first-order chi connectivity index (χ1) is 8.99. The Kier molecular flexibility index (Phi) is 3.62. The van der Waals surface area contributed by atoms with Crippen molar-refractivity contribution in [3.63, 3.8) is 0 Å². The van der Waals surface area contributed by atoms with Gasteiger partial charge < -0.3 is 15.5 Å². The fourth-order valence-corrected chi connectivity index (χ4v) is 2.52. The lowest BCUT2D eigenvalue weighted by molar-refractivity contribution is 0.411. The van der Waals surface area contributed by atoms with Gasteiger partial charge in [-0.2, -0.15) is 0 Å². The van der Waals surface area contributed by atoms with Crippen molar-refractivity contribution in [3.05, 3.63) is 34.3 Å². The molecule has 0 aliphatic heterocycles. The monoisotopic (exact) mass is 259 g/mol. The van der Waals surface area contributed by atoms with E-state index in [9.17, 15) is 0 Å². The van der Waals surface area contributed by atoms with Crippen LogP contribution in [0.1, 0.15) is 28.2 Å². The van der Waals surface area contributed by atoms with Gasteiger partial charge in [0.05, 0.1) is 18.5 Å². The molecule has 2 aromatic rings. The van der Waals surface area contributed by atoms with Crippen LogP contribution in [-0.4, -0.2) is 17.1 Å². The molecule has 0 radical (unpaired) electrons. The summed E-state index contributed by atoms with van der Waals surface area (Å²) in [6, 6.07) is 2.06. The number of H-pyrrole nitrogens is 1. The third kappa shape index (κ3) is 2.24. The van der Waals surface area contributed by atoms with E-state index in [0.29, 0.717) is 6.54 Å². The van der Waals surface area contributed by atoms with Crippen LogP contribution in [0.5, 0.6) is 5.75 Å². The number of hydrogen-bond acceptors (Lipinski definition) is 3. The van der Waals surface area contributed by atoms with E-state index in [2.05, 4.69) is 36.8 Å². The molecule has 1 aromatic heterocycles. The van der Waals surface area contributed by atoms with E-state index in [1.165, 1.54) is 5.56 Å². The van der Waals surface area contributed by atoms with Crippen molar-refractivity contribution in [2.45, 2.75) is 34.2 Å². The lowest BCUT2D eigenvalue weighted by Gasteiger charge is -2.15. The molecule has 0 bridgehead atoms. The largest absolute Gasteiger partial charge is 0.496 e. The number of aryl methyl sites for hydroxylation is 2. The number of hydrogen-bond donors (Lipinski definition) is 2. The topological polar surface area (TPSA) is 63.9 Å². The highest BCUT2D eigenvalue weighted by atomic mass is 16.5. The number of nitrogens with two attached hydrogens (primary N) is 1. The fourth-order valence-electron chi connectivity index (χ4n) is 2.52. The predicted octanol–water partition coefficient (Wildman–Crippen LogP) is 2.78. The van der Waals surface area contributed by atoms with Crippen molar-refractivity contribution in [1.29, 1.82) is 0 Å². The molecule has 0 amide bonds. The Balaban J connectivity index is 2.72. The van der Waals surface area contributed by atoms with Crippen molar-refractivity contribution in [3.8, 4) is 17.0 Å². The van der Waals surface area contributed by atoms with Crippen LogP contribution in [0.25, 0.3) is 11.3 Å². The van der Waals surface area contributed by atoms with Gasteiger partial charge in [-0.3, -0.25) is 0 Å². The third-order valence-corrected chi connectivity index (χ3v) is 3.61. The van der Waals surface area contributed by atoms with E-state index < -0.39 is 0 Å². The quantitative estimate of drug-likeness (QED) is 0.890. The van der Waals surface area contributed by atoms with Gasteiger partial charge in [0, 0.05) is 12.1 Å². The van der Waals surface area contributed by atoms with Crippen LogP contribution in [-0.2, 0) is 6.54 Å². The zero-order chi connectivity index (χ0) is 14.2. The second kappa shape index (κ2) is 5.05. The van der Waals surface area contributed by atoms with Gasteiger partial charge in [-0.05, 0) is 50.5 Å². The van der Waals surface area contributed by atoms with E-state index in [1.807, 2.05) is 6.92 Å². The van der Waals surface area contributed by atoms with Gasteiger partial charge >= 0.3 is 0 Å². The molecular weight excluding hydrogens is 238 g/mol. The number of benzene rings is 1. The second-order valence-electron chi connectivity index (χ2n) is 4.87. The average molecular weight is 259 g/mol. The number of rotatable bonds is 3. The van der Waals surface area contributed by atoms with Crippen molar-refractivity contribution in [2.75, 3.05) is 7.11 Å². The van der Waals surface area contributed by atoms with Crippen molar-refractivity contribution in [1.82, 2.24) is 9.97 Å². The minimum absolute atomic E-state index is 0.458. The molecule has 0 fully saturated rings. The van der Waals surface area contributed by atoms with Gasteiger partial charge in [-0.15, -0.1) is 0 Å². The normalized spacial score (nSPS) is 10.8. The standard InChI is InChI=1S/C15H21N3O/c1-8-6-13(19-5)9(2)10(3)14(8)15-12(7-16)17-11(4)18-15/h6H,7,16H2,1-5H3,(H,17,18). The van der Waals surface area contributed by atoms with Crippen LogP contribution >= 0.6 is 0 Å². The Morgan fingerprint density at radius 2 is 1.89 bits per heavy atom. The maximum atomic E-state index is 5.80. The molecule has 1 heterocycles. The molecule has 1 aromatic carbocycles. The van der Waals surface area contributed by atoms with Crippen LogP contribution in [0.4, 0.5) is 0 Å². The summed E-state index contributed by atoms with van der Waals surface area (Å²) >= 11 is 0. The summed E-state index contributed by atoms with van der Waals surface area (Å²) in [6.07, 6.45) is 0. The zero-order valence-corrected chi connectivity index (χ0v) is 12.2. The fraction of sp³-hybridized carbons (Fsp3) is 0.400. The molecule has 4 heteroatoms. The molecule has 0 saturated carbocycles. The van der Waals surface area contributed by atoms with E-state index in [-0.39, 0.29) is 0 Å². The SMILES string of the molecule is COc1cc(C)c(-c2nc(C)[nH]c2CN)c(C)c1C. The highest BCUT2D eigenvalue weighted by Crippen LogP contribution is 2.35. The van der Waals surface area contributed by atoms with Gasteiger partial charge in [0.15, 0.2) is 0 Å². The Morgan fingerprint density at radius 1 is 1.21 bits per heavy atom. The average Bonchev–Trinajstić information content (AvgIpc) is 2.75. The van der Waals surface area contributed by atoms with Crippen molar-refractivity contribution >= 4 is 0 Å². The molecule has 0 atom stereocenters. The lowest BCUT2D eigenvalue weighted by Crippen LogP contribution is -2.02. The maximum absolute atomic E-state index is 5.80. The number of aromatic nitrogens is 2. The molecule has 2 rings (SSSR count). The molecule has 0 unspecified atom stereocenters. The van der Waals surface area contributed by atoms with Gasteiger partial charge in [-0.25, -0.2) is 4.98 Å². The zero-order valence-electron chi connectivity index (χ0n) is 12.2. The molecule has 0 aliphatic carbocycles. The van der Waals surface area contributed by atoms with E-state index in [4.69, 9.17) is 10.5 Å². The lowest BCUT2D eigenvalue weighted by atomic mass is 9.94. The first-order valence-electron chi connectivity index (χ1n) is 6.40. The van der Waals surface area contributed by atoms with E-state index in [0.717, 1.165) is 39.7 Å². The minimum Gasteiger partial charge on any atom is -0.496 e. The van der Waals surface area contributed by atoms with Gasteiger partial charge in [0.2, 0.25) is 0 Å². The van der Waals surface area contributed by atoms with Crippen LogP contribution in [0.3, 0.4) is 0 Å². The predicted molar refractivity (Wildman–Crippen MR) is 77.4 cm³/mol. The molecule has 0 aliphatic rings. The maximum Gasteiger partial charge on any atom is 0.122 e. The van der Waals surface area contributed by atoms with E-state index in [1.54, 1.807) is 7.11 Å². The summed E-state index contributed by atoms with van der Waals surface area (Å²) in [5.41, 5.74) is 12.4. The molecule has 19 heavy (non-hydrogen) atoms. The highest BCUT2D eigenvalue weighted by molar-refractivity contribution is 5.73. The van der Waals surface area contributed by atoms with Crippen LogP contribution < -0.4 is 10.5 Å². The van der Waals surface area contributed by atoms with Crippen molar-refractivity contribution in [2.24, 2.45) is 5.73 Å². The molecular formula is C15H21N3O. The number of nitrogens with one attached hydrogen (secondary N) is 1. The molecule has 0 spiro atoms. The first-order valence-corrected chi connectivity index (χ1v) is 6.40. The van der Waals surface area contributed by atoms with E-state index >= 15 is 0 Å². The Bertz CT molecular complexity index is 614. The molecule has 4 nitrogen and oxygen atoms in total. The molecule has 102 valence electrons. The summed E-state index contributed by atoms with van der Waals surface area (Å²) in [6.45, 7) is 8.65. The smallest absolute Gasteiger partial charge is 0.122 e. The second-order valence-corrected chi connectivity index (χ2v) is 4.87. The number of nitrogens with zero attached hydrogens (tertiary/aromatic N) is 1. The molecule has 0 saturated heterocycles. The highest BCUT2D eigenvalue weighted by Gasteiger charge is 2.17. The molecule has 3 N–H and O–H groups in total. The Labute approximate surface area is 114 Å². The number of ether oxygens (including phenoxy) is 1. The summed E-state index contributed by atoms with van der Waals surface area (Å²) < 4.78 is 5.41. The van der Waals surface area contributed by atoms with Gasteiger partial charge in [0.25, 0.3) is 0 Å². The summed E-state index contributed by atoms with van der Waals surface area (Å²) in [5.74, 6) is 1.81. The van der Waals surface area contributed by atoms with Gasteiger partial charge in [-0.1, -0.05) is 0 Å². The number of imidazole rings is 1. The van der Waals surface area contributed by atoms with Gasteiger partial charge in [0.1, 0.15) is 11.6 Å². The third-order valence-electron chi connectivity index (χ3n) is 3.61. The Morgan fingerprint density at radius 3 is 2.47 bits per heavy atom. The Hall–Kier alpha value is -1.81. The minimum atomic E-state index is 0.458. The summed E-state index contributed by atoms with van der Waals surface area (Å²) in [4.78, 5) is 7.82. The van der Waals surface area contributed by atoms with Crippen LogP contribution in [0.2, 0.25) is 0 Å². The summed E-state index contributed by atoms with van der Waals surface area (Å²) in [7, 11) is 1.70. The summed E-state index contributed by atoms with van der Waals surface area (Å²) in [5, 5.41) is 0. The first kappa shape index (κ1) is 13.6.